The second-order valence-corrected chi connectivity index (χ2v) is 8.24. The summed E-state index contributed by atoms with van der Waals surface area (Å²) in [6.45, 7) is 7.19. The Morgan fingerprint density at radius 3 is 2.36 bits per heavy atom. The predicted molar refractivity (Wildman–Crippen MR) is 144 cm³/mol. The predicted octanol–water partition coefficient (Wildman–Crippen LogP) is 3.02. The van der Waals surface area contributed by atoms with Crippen molar-refractivity contribution in [2.24, 2.45) is 4.99 Å². The number of rotatable bonds is 8. The van der Waals surface area contributed by atoms with Crippen LogP contribution in [0.5, 0.6) is 0 Å². The van der Waals surface area contributed by atoms with E-state index in [9.17, 15) is 4.79 Å². The Bertz CT molecular complexity index is 885. The number of likely N-dealkylation sites (N-methyl/N-ethyl adjacent to an activating group) is 1. The SMILES string of the molecule is CC(NC(=NCc1ccccc1CN1CCOCC1)NCC(=O)N(C)C)c1ccccc1.I. The molecule has 2 N–H and O–H groups in total. The number of ether oxygens (including phenoxy) is 1. The van der Waals surface area contributed by atoms with E-state index < -0.39 is 0 Å². The normalized spacial score (nSPS) is 15.3. The number of aliphatic imine (C=N–C) groups is 1. The standard InChI is InChI=1S/C25H35N5O2.HI/c1-20(21-9-5-4-6-10-21)28-25(27-18-24(31)29(2)3)26-17-22-11-7-8-12-23(22)19-30-13-15-32-16-14-30;/h4-12,20H,13-19H2,1-3H3,(H2,26,27,28);1H. The highest BCUT2D eigenvalue weighted by molar-refractivity contribution is 14.0. The first-order valence-corrected chi connectivity index (χ1v) is 11.2. The van der Waals surface area contributed by atoms with E-state index in [2.05, 4.69) is 58.9 Å². The van der Waals surface area contributed by atoms with Crippen LogP contribution in [0.3, 0.4) is 0 Å². The molecule has 0 spiro atoms. The molecule has 0 bridgehead atoms. The summed E-state index contributed by atoms with van der Waals surface area (Å²) in [4.78, 5) is 20.9. The lowest BCUT2D eigenvalue weighted by molar-refractivity contribution is -0.127. The minimum Gasteiger partial charge on any atom is -0.379 e. The fourth-order valence-electron chi connectivity index (χ4n) is 3.53. The minimum atomic E-state index is -0.000387. The zero-order valence-corrected chi connectivity index (χ0v) is 22.1. The lowest BCUT2D eigenvalue weighted by Crippen LogP contribution is -2.43. The molecule has 8 heteroatoms. The zero-order valence-electron chi connectivity index (χ0n) is 19.8. The molecular formula is C25H36IN5O2. The third-order valence-electron chi connectivity index (χ3n) is 5.58. The maximum atomic E-state index is 12.1. The Morgan fingerprint density at radius 1 is 1.06 bits per heavy atom. The molecule has 180 valence electrons. The van der Waals surface area contributed by atoms with Crippen LogP contribution in [0.4, 0.5) is 0 Å². The van der Waals surface area contributed by atoms with Gasteiger partial charge in [0.25, 0.3) is 0 Å². The summed E-state index contributed by atoms with van der Waals surface area (Å²) in [6.07, 6.45) is 0. The van der Waals surface area contributed by atoms with Crippen LogP contribution in [0.2, 0.25) is 0 Å². The monoisotopic (exact) mass is 565 g/mol. The van der Waals surface area contributed by atoms with Crippen LogP contribution in [-0.4, -0.2) is 68.6 Å². The van der Waals surface area contributed by atoms with E-state index in [1.54, 1.807) is 19.0 Å². The maximum absolute atomic E-state index is 12.1. The van der Waals surface area contributed by atoms with Gasteiger partial charge in [-0.2, -0.15) is 0 Å². The van der Waals surface area contributed by atoms with Crippen LogP contribution in [-0.2, 0) is 22.6 Å². The highest BCUT2D eigenvalue weighted by Gasteiger charge is 2.14. The number of nitrogens with one attached hydrogen (secondary N) is 2. The molecule has 0 radical (unpaired) electrons. The van der Waals surface area contributed by atoms with Gasteiger partial charge < -0.3 is 20.3 Å². The quantitative estimate of drug-likeness (QED) is 0.293. The van der Waals surface area contributed by atoms with Gasteiger partial charge in [0.2, 0.25) is 5.91 Å². The number of nitrogens with zero attached hydrogens (tertiary/aromatic N) is 3. The first-order valence-electron chi connectivity index (χ1n) is 11.2. The van der Waals surface area contributed by atoms with Gasteiger partial charge in [0.15, 0.2) is 5.96 Å². The van der Waals surface area contributed by atoms with Gasteiger partial charge >= 0.3 is 0 Å². The van der Waals surface area contributed by atoms with Gasteiger partial charge in [-0.1, -0.05) is 54.6 Å². The van der Waals surface area contributed by atoms with Gasteiger partial charge in [0.1, 0.15) is 0 Å². The zero-order chi connectivity index (χ0) is 22.8. The number of carbonyl (C=O) groups excluding carboxylic acids is 1. The van der Waals surface area contributed by atoms with E-state index in [-0.39, 0.29) is 42.5 Å². The molecule has 0 aromatic heterocycles. The van der Waals surface area contributed by atoms with Crippen LogP contribution in [0.25, 0.3) is 0 Å². The van der Waals surface area contributed by atoms with Gasteiger partial charge in [-0.15, -0.1) is 24.0 Å². The van der Waals surface area contributed by atoms with Gasteiger partial charge in [-0.05, 0) is 23.6 Å². The van der Waals surface area contributed by atoms with Crippen LogP contribution in [0, 0.1) is 0 Å². The second kappa shape index (κ2) is 14.2. The van der Waals surface area contributed by atoms with E-state index in [1.165, 1.54) is 11.1 Å². The summed E-state index contributed by atoms with van der Waals surface area (Å²) in [5.74, 6) is 0.623. The molecule has 1 amide bonds. The van der Waals surface area contributed by atoms with Crippen LogP contribution >= 0.6 is 24.0 Å². The van der Waals surface area contributed by atoms with Crippen molar-refractivity contribution in [2.75, 3.05) is 46.9 Å². The molecule has 33 heavy (non-hydrogen) atoms. The number of hydrogen-bond acceptors (Lipinski definition) is 4. The molecular weight excluding hydrogens is 529 g/mol. The number of carbonyl (C=O) groups is 1. The summed E-state index contributed by atoms with van der Waals surface area (Å²) in [5, 5.41) is 6.63. The molecule has 2 aromatic rings. The van der Waals surface area contributed by atoms with Crippen molar-refractivity contribution in [3.05, 3.63) is 71.3 Å². The average Bonchev–Trinajstić information content (AvgIpc) is 2.82. The lowest BCUT2D eigenvalue weighted by atomic mass is 10.1. The Hall–Kier alpha value is -2.17. The van der Waals surface area contributed by atoms with Gasteiger partial charge in [-0.25, -0.2) is 4.99 Å². The van der Waals surface area contributed by atoms with Gasteiger partial charge in [0.05, 0.1) is 32.3 Å². The van der Waals surface area contributed by atoms with Crippen molar-refractivity contribution < 1.29 is 9.53 Å². The summed E-state index contributed by atoms with van der Waals surface area (Å²) in [6, 6.07) is 18.7. The fourth-order valence-corrected chi connectivity index (χ4v) is 3.53. The highest BCUT2D eigenvalue weighted by atomic mass is 127. The minimum absolute atomic E-state index is 0. The van der Waals surface area contributed by atoms with E-state index >= 15 is 0 Å². The van der Waals surface area contributed by atoms with Crippen molar-refractivity contribution in [1.29, 1.82) is 0 Å². The second-order valence-electron chi connectivity index (χ2n) is 8.24. The molecule has 1 aliphatic rings. The fraction of sp³-hybridized carbons (Fsp3) is 0.440. The van der Waals surface area contributed by atoms with Crippen LogP contribution < -0.4 is 10.6 Å². The molecule has 2 aromatic carbocycles. The molecule has 1 atom stereocenters. The van der Waals surface area contributed by atoms with E-state index in [0.29, 0.717) is 12.5 Å². The topological polar surface area (TPSA) is 69.2 Å². The van der Waals surface area contributed by atoms with E-state index in [0.717, 1.165) is 38.4 Å². The van der Waals surface area contributed by atoms with Gasteiger partial charge in [-0.3, -0.25) is 9.69 Å². The Morgan fingerprint density at radius 2 is 1.70 bits per heavy atom. The summed E-state index contributed by atoms with van der Waals surface area (Å²) < 4.78 is 5.47. The lowest BCUT2D eigenvalue weighted by Gasteiger charge is -2.27. The first-order chi connectivity index (χ1) is 15.5. The largest absolute Gasteiger partial charge is 0.379 e. The number of hydrogen-bond donors (Lipinski definition) is 2. The van der Waals surface area contributed by atoms with Crippen molar-refractivity contribution in [1.82, 2.24) is 20.4 Å². The van der Waals surface area contributed by atoms with Crippen molar-refractivity contribution >= 4 is 35.8 Å². The van der Waals surface area contributed by atoms with E-state index in [1.807, 2.05) is 18.2 Å². The molecule has 3 rings (SSSR count). The Kier molecular flexibility index (Phi) is 11.6. The summed E-state index contributed by atoms with van der Waals surface area (Å²) >= 11 is 0. The molecule has 1 unspecified atom stereocenters. The average molecular weight is 566 g/mol. The molecule has 0 saturated carbocycles. The first kappa shape index (κ1) is 27.1. The maximum Gasteiger partial charge on any atom is 0.241 e. The van der Waals surface area contributed by atoms with Gasteiger partial charge in [0, 0.05) is 33.7 Å². The molecule has 1 heterocycles. The van der Waals surface area contributed by atoms with Crippen molar-refractivity contribution in [3.63, 3.8) is 0 Å². The molecule has 1 fully saturated rings. The third kappa shape index (κ3) is 8.94. The Labute approximate surface area is 214 Å². The number of benzene rings is 2. The number of morpholine rings is 1. The summed E-state index contributed by atoms with van der Waals surface area (Å²) in [5.41, 5.74) is 3.62. The van der Waals surface area contributed by atoms with Crippen molar-refractivity contribution in [2.45, 2.75) is 26.1 Å². The number of halogens is 1. The molecule has 0 aliphatic carbocycles. The van der Waals surface area contributed by atoms with Crippen molar-refractivity contribution in [3.8, 4) is 0 Å². The number of amides is 1. The molecule has 1 saturated heterocycles. The Balaban J connectivity index is 0.00000385. The summed E-state index contributed by atoms with van der Waals surface area (Å²) in [7, 11) is 3.51. The smallest absolute Gasteiger partial charge is 0.241 e. The number of guanidine groups is 1. The highest BCUT2D eigenvalue weighted by Crippen LogP contribution is 2.15. The third-order valence-corrected chi connectivity index (χ3v) is 5.58. The van der Waals surface area contributed by atoms with Crippen LogP contribution in [0.15, 0.2) is 59.6 Å². The van der Waals surface area contributed by atoms with E-state index in [4.69, 9.17) is 9.73 Å². The molecule has 1 aliphatic heterocycles. The van der Waals surface area contributed by atoms with Crippen LogP contribution in [0.1, 0.15) is 29.7 Å². The molecule has 7 nitrogen and oxygen atoms in total.